The van der Waals surface area contributed by atoms with Crippen molar-refractivity contribution in [1.82, 2.24) is 29.3 Å². The number of aromatic nitrogens is 4. The Morgan fingerprint density at radius 3 is 2.88 bits per heavy atom. The van der Waals surface area contributed by atoms with Crippen LogP contribution in [0.3, 0.4) is 0 Å². The maximum atomic E-state index is 5.83. The van der Waals surface area contributed by atoms with Crippen molar-refractivity contribution >= 4 is 17.0 Å². The summed E-state index contributed by atoms with van der Waals surface area (Å²) in [6, 6.07) is 0.579. The molecule has 1 atom stereocenters. The van der Waals surface area contributed by atoms with Gasteiger partial charge in [0, 0.05) is 45.9 Å². The van der Waals surface area contributed by atoms with Crippen LogP contribution in [0.2, 0.25) is 0 Å². The largest absolute Gasteiger partial charge is 0.383 e. The van der Waals surface area contributed by atoms with Crippen LogP contribution >= 0.6 is 0 Å². The number of aryl methyl sites for hydroxylation is 1. The number of anilines is 1. The van der Waals surface area contributed by atoms with Crippen molar-refractivity contribution in [3.8, 4) is 0 Å². The second-order valence-electron chi connectivity index (χ2n) is 6.40. The van der Waals surface area contributed by atoms with Crippen LogP contribution in [0.15, 0.2) is 12.7 Å². The summed E-state index contributed by atoms with van der Waals surface area (Å²) in [5.41, 5.74) is 7.34. The maximum absolute atomic E-state index is 5.83. The molecule has 0 bridgehead atoms. The number of fused-ring (bicyclic) bond motifs is 1. The van der Waals surface area contributed by atoms with E-state index >= 15 is 0 Å². The Balaban J connectivity index is 1.47. The molecule has 2 N–H and O–H groups in total. The molecule has 0 spiro atoms. The minimum atomic E-state index is 0.444. The number of methoxy groups -OCH3 is 1. The van der Waals surface area contributed by atoms with Crippen LogP contribution in [0.5, 0.6) is 0 Å². The molecule has 1 unspecified atom stereocenters. The van der Waals surface area contributed by atoms with Crippen LogP contribution in [-0.4, -0.2) is 81.8 Å². The van der Waals surface area contributed by atoms with Crippen LogP contribution in [0, 0.1) is 0 Å². The highest BCUT2D eigenvalue weighted by molar-refractivity contribution is 5.80. The quantitative estimate of drug-likeness (QED) is 0.787. The number of nitrogens with zero attached hydrogens (tertiary/aromatic N) is 6. The van der Waals surface area contributed by atoms with Gasteiger partial charge in [-0.15, -0.1) is 0 Å². The molecule has 3 rings (SSSR count). The highest BCUT2D eigenvalue weighted by Crippen LogP contribution is 2.15. The van der Waals surface area contributed by atoms with E-state index in [9.17, 15) is 0 Å². The van der Waals surface area contributed by atoms with Gasteiger partial charge >= 0.3 is 0 Å². The van der Waals surface area contributed by atoms with Crippen molar-refractivity contribution in [2.75, 3.05) is 52.2 Å². The molecular weight excluding hydrogens is 306 g/mol. The third-order valence-corrected chi connectivity index (χ3v) is 4.73. The van der Waals surface area contributed by atoms with E-state index < -0.39 is 0 Å². The van der Waals surface area contributed by atoms with E-state index in [1.54, 1.807) is 13.4 Å². The van der Waals surface area contributed by atoms with Gasteiger partial charge in [0.05, 0.1) is 12.9 Å². The Hall–Kier alpha value is -1.77. The lowest BCUT2D eigenvalue weighted by Crippen LogP contribution is -2.52. The van der Waals surface area contributed by atoms with Crippen molar-refractivity contribution in [3.63, 3.8) is 0 Å². The normalized spacial score (nSPS) is 20.0. The molecule has 0 saturated carbocycles. The van der Waals surface area contributed by atoms with Gasteiger partial charge in [-0.2, -0.15) is 0 Å². The summed E-state index contributed by atoms with van der Waals surface area (Å²) in [7, 11) is 1.76. The molecule has 0 aromatic carbocycles. The van der Waals surface area contributed by atoms with Crippen LogP contribution in [-0.2, 0) is 11.3 Å². The summed E-state index contributed by atoms with van der Waals surface area (Å²) in [6.45, 7) is 9.45. The molecule has 2 aromatic heterocycles. The van der Waals surface area contributed by atoms with E-state index in [1.165, 1.54) is 6.33 Å². The average molecular weight is 333 g/mol. The molecule has 8 heteroatoms. The van der Waals surface area contributed by atoms with Gasteiger partial charge in [-0.1, -0.05) is 0 Å². The standard InChI is InChI=1S/C16H27N7O/c1-13-10-21(6-7-22(13)8-9-24-2)4-3-5-23-12-20-14-15(17)18-11-19-16(14)23/h11-13H,3-10H2,1-2H3,(H2,17,18,19). The summed E-state index contributed by atoms with van der Waals surface area (Å²) in [5, 5.41) is 0. The minimum Gasteiger partial charge on any atom is -0.383 e. The van der Waals surface area contributed by atoms with Crippen LogP contribution < -0.4 is 5.73 Å². The first-order chi connectivity index (χ1) is 11.7. The lowest BCUT2D eigenvalue weighted by molar-refractivity contribution is 0.0581. The number of nitrogen functional groups attached to an aromatic ring is 1. The third kappa shape index (κ3) is 3.82. The molecule has 1 saturated heterocycles. The number of nitrogens with two attached hydrogens (primary N) is 1. The first-order valence-electron chi connectivity index (χ1n) is 8.55. The second-order valence-corrected chi connectivity index (χ2v) is 6.40. The molecule has 1 fully saturated rings. The minimum absolute atomic E-state index is 0.444. The summed E-state index contributed by atoms with van der Waals surface area (Å²) in [5.74, 6) is 0.444. The number of hydrogen-bond acceptors (Lipinski definition) is 7. The molecule has 2 aromatic rings. The smallest absolute Gasteiger partial charge is 0.165 e. The topological polar surface area (TPSA) is 85.3 Å². The van der Waals surface area contributed by atoms with Gasteiger partial charge in [0.2, 0.25) is 0 Å². The summed E-state index contributed by atoms with van der Waals surface area (Å²) in [4.78, 5) is 17.6. The lowest BCUT2D eigenvalue weighted by atomic mass is 10.2. The fraction of sp³-hybridized carbons (Fsp3) is 0.688. The van der Waals surface area contributed by atoms with E-state index in [1.807, 2.05) is 0 Å². The summed E-state index contributed by atoms with van der Waals surface area (Å²) in [6.07, 6.45) is 4.37. The van der Waals surface area contributed by atoms with Crippen LogP contribution in [0.25, 0.3) is 11.2 Å². The lowest BCUT2D eigenvalue weighted by Gasteiger charge is -2.39. The van der Waals surface area contributed by atoms with Gasteiger partial charge in [-0.05, 0) is 19.9 Å². The zero-order valence-corrected chi connectivity index (χ0v) is 14.6. The molecular formula is C16H27N7O. The zero-order valence-electron chi connectivity index (χ0n) is 14.6. The van der Waals surface area contributed by atoms with Crippen LogP contribution in [0.1, 0.15) is 13.3 Å². The fourth-order valence-electron chi connectivity index (χ4n) is 3.34. The molecule has 8 nitrogen and oxygen atoms in total. The van der Waals surface area contributed by atoms with E-state index in [2.05, 4.69) is 36.2 Å². The number of imidazole rings is 1. The Kier molecular flexibility index (Phi) is 5.60. The molecule has 132 valence electrons. The monoisotopic (exact) mass is 333 g/mol. The predicted octanol–water partition coefficient (Wildman–Crippen LogP) is 0.451. The van der Waals surface area contributed by atoms with Crippen LogP contribution in [0.4, 0.5) is 5.82 Å². The van der Waals surface area contributed by atoms with Gasteiger partial charge in [0.15, 0.2) is 11.5 Å². The number of piperazine rings is 1. The molecule has 0 radical (unpaired) electrons. The van der Waals surface area contributed by atoms with E-state index in [0.29, 0.717) is 17.4 Å². The van der Waals surface area contributed by atoms with Gasteiger partial charge in [0.1, 0.15) is 11.8 Å². The van der Waals surface area contributed by atoms with Crippen molar-refractivity contribution < 1.29 is 4.74 Å². The number of rotatable bonds is 7. The first kappa shape index (κ1) is 17.1. The van der Waals surface area contributed by atoms with E-state index in [-0.39, 0.29) is 0 Å². The molecule has 1 aliphatic rings. The van der Waals surface area contributed by atoms with Crippen molar-refractivity contribution in [1.29, 1.82) is 0 Å². The SMILES string of the molecule is COCCN1CCN(CCCn2cnc3c(N)ncnc32)CC1C. The average Bonchev–Trinajstić information content (AvgIpc) is 2.99. The zero-order chi connectivity index (χ0) is 16.9. The maximum Gasteiger partial charge on any atom is 0.165 e. The molecule has 24 heavy (non-hydrogen) atoms. The van der Waals surface area contributed by atoms with Crippen molar-refractivity contribution in [2.24, 2.45) is 0 Å². The van der Waals surface area contributed by atoms with Crippen molar-refractivity contribution in [2.45, 2.75) is 25.9 Å². The van der Waals surface area contributed by atoms with E-state index in [4.69, 9.17) is 10.5 Å². The first-order valence-corrected chi connectivity index (χ1v) is 8.55. The highest BCUT2D eigenvalue weighted by atomic mass is 16.5. The van der Waals surface area contributed by atoms with Gasteiger partial charge in [-0.25, -0.2) is 15.0 Å². The van der Waals surface area contributed by atoms with Gasteiger partial charge in [0.25, 0.3) is 0 Å². The third-order valence-electron chi connectivity index (χ3n) is 4.73. The Morgan fingerprint density at radius 2 is 2.08 bits per heavy atom. The summed E-state index contributed by atoms with van der Waals surface area (Å²) >= 11 is 0. The molecule has 0 aliphatic carbocycles. The predicted molar refractivity (Wildman–Crippen MR) is 93.7 cm³/mol. The molecule has 3 heterocycles. The number of hydrogen-bond donors (Lipinski definition) is 1. The Bertz CT molecular complexity index is 659. The molecule has 0 amide bonds. The highest BCUT2D eigenvalue weighted by Gasteiger charge is 2.22. The Morgan fingerprint density at radius 1 is 1.21 bits per heavy atom. The second kappa shape index (κ2) is 7.87. The fourth-order valence-corrected chi connectivity index (χ4v) is 3.34. The van der Waals surface area contributed by atoms with Gasteiger partial charge < -0.3 is 19.9 Å². The summed E-state index contributed by atoms with van der Waals surface area (Å²) < 4.78 is 7.25. The Labute approximate surface area is 142 Å². The van der Waals surface area contributed by atoms with Gasteiger partial charge in [-0.3, -0.25) is 4.90 Å². The number of ether oxygens (including phenoxy) is 1. The van der Waals surface area contributed by atoms with E-state index in [0.717, 1.165) is 57.9 Å². The molecule has 1 aliphatic heterocycles. The van der Waals surface area contributed by atoms with Crippen molar-refractivity contribution in [3.05, 3.63) is 12.7 Å².